The van der Waals surface area contributed by atoms with Crippen molar-refractivity contribution in [2.24, 2.45) is 0 Å². The number of nitrogens with two attached hydrogens (primary N) is 1. The van der Waals surface area contributed by atoms with Gasteiger partial charge in [0.05, 0.1) is 24.1 Å². The van der Waals surface area contributed by atoms with Gasteiger partial charge in [0.25, 0.3) is 5.91 Å². The highest BCUT2D eigenvalue weighted by atomic mass is 19.4. The first-order valence-corrected chi connectivity index (χ1v) is 7.00. The average Bonchev–Trinajstić information content (AvgIpc) is 2.56. The lowest BCUT2D eigenvalue weighted by Crippen LogP contribution is -2.19. The van der Waals surface area contributed by atoms with Crippen LogP contribution in [0.5, 0.6) is 0 Å². The highest BCUT2D eigenvalue weighted by Gasteiger charge is 2.33. The molecule has 0 aliphatic carbocycles. The Labute approximate surface area is 140 Å². The zero-order valence-corrected chi connectivity index (χ0v) is 12.9. The third-order valence-electron chi connectivity index (χ3n) is 2.94. The summed E-state index contributed by atoms with van der Waals surface area (Å²) in [6.45, 7) is 1.68. The number of alkyl halides is 3. The van der Waals surface area contributed by atoms with E-state index < -0.39 is 29.4 Å². The first-order valence-electron chi connectivity index (χ1n) is 7.00. The van der Waals surface area contributed by atoms with Crippen LogP contribution in [0.25, 0.3) is 0 Å². The second kappa shape index (κ2) is 7.16. The fraction of sp³-hybridized carbons (Fsp3) is 0.200. The molecule has 0 saturated carbocycles. The van der Waals surface area contributed by atoms with E-state index in [1.165, 1.54) is 6.07 Å². The molecule has 0 aliphatic rings. The Morgan fingerprint density at radius 3 is 2.68 bits per heavy atom. The zero-order valence-electron chi connectivity index (χ0n) is 12.9. The Kier molecular flexibility index (Phi) is 5.20. The predicted octanol–water partition coefficient (Wildman–Crippen LogP) is 2.51. The molecular formula is C15H13F3N4O3. The van der Waals surface area contributed by atoms with Crippen LogP contribution in [0.3, 0.4) is 0 Å². The van der Waals surface area contributed by atoms with Crippen molar-refractivity contribution >= 4 is 23.4 Å². The van der Waals surface area contributed by atoms with Crippen molar-refractivity contribution in [2.45, 2.75) is 13.1 Å². The Morgan fingerprint density at radius 1 is 1.32 bits per heavy atom. The van der Waals surface area contributed by atoms with Gasteiger partial charge in [0.15, 0.2) is 0 Å². The fourth-order valence-corrected chi connectivity index (χ4v) is 1.85. The summed E-state index contributed by atoms with van der Waals surface area (Å²) >= 11 is 0. The van der Waals surface area contributed by atoms with E-state index in [1.54, 1.807) is 6.92 Å². The number of ether oxygens (including phenoxy) is 1. The van der Waals surface area contributed by atoms with Crippen LogP contribution in [0.2, 0.25) is 0 Å². The van der Waals surface area contributed by atoms with Crippen molar-refractivity contribution in [1.82, 2.24) is 9.97 Å². The van der Waals surface area contributed by atoms with Crippen LogP contribution in [0.15, 0.2) is 30.5 Å². The number of pyridine rings is 2. The molecular weight excluding hydrogens is 341 g/mol. The molecule has 0 fully saturated rings. The van der Waals surface area contributed by atoms with E-state index in [-0.39, 0.29) is 23.7 Å². The SMILES string of the molecule is CCOC(=O)c1cc(N)ncc1NC(=O)c1cccc(C(F)(F)F)n1. The quantitative estimate of drug-likeness (QED) is 0.817. The molecule has 2 aromatic rings. The van der Waals surface area contributed by atoms with Crippen molar-refractivity contribution < 1.29 is 27.5 Å². The number of hydrogen-bond acceptors (Lipinski definition) is 6. The van der Waals surface area contributed by atoms with Gasteiger partial charge in [-0.1, -0.05) is 6.07 Å². The maximum Gasteiger partial charge on any atom is 0.433 e. The molecule has 0 atom stereocenters. The van der Waals surface area contributed by atoms with Crippen LogP contribution in [0.4, 0.5) is 24.7 Å². The zero-order chi connectivity index (χ0) is 18.6. The summed E-state index contributed by atoms with van der Waals surface area (Å²) in [7, 11) is 0. The van der Waals surface area contributed by atoms with Crippen LogP contribution in [0, 0.1) is 0 Å². The predicted molar refractivity (Wildman–Crippen MR) is 81.8 cm³/mol. The lowest BCUT2D eigenvalue weighted by atomic mass is 10.2. The van der Waals surface area contributed by atoms with Gasteiger partial charge in [0.1, 0.15) is 17.2 Å². The van der Waals surface area contributed by atoms with Crippen molar-refractivity contribution in [2.75, 3.05) is 17.7 Å². The minimum atomic E-state index is -4.69. The van der Waals surface area contributed by atoms with Crippen LogP contribution in [0.1, 0.15) is 33.5 Å². The lowest BCUT2D eigenvalue weighted by molar-refractivity contribution is -0.141. The number of halogens is 3. The molecule has 2 rings (SSSR count). The van der Waals surface area contributed by atoms with Crippen LogP contribution in [-0.4, -0.2) is 28.5 Å². The van der Waals surface area contributed by atoms with Gasteiger partial charge < -0.3 is 15.8 Å². The highest BCUT2D eigenvalue weighted by Crippen LogP contribution is 2.27. The number of esters is 1. The van der Waals surface area contributed by atoms with E-state index in [0.717, 1.165) is 24.4 Å². The third-order valence-corrected chi connectivity index (χ3v) is 2.94. The summed E-state index contributed by atoms with van der Waals surface area (Å²) in [5.41, 5.74) is 3.69. The molecule has 25 heavy (non-hydrogen) atoms. The van der Waals surface area contributed by atoms with E-state index in [1.807, 2.05) is 0 Å². The second-order valence-corrected chi connectivity index (χ2v) is 4.74. The number of nitrogen functional groups attached to an aromatic ring is 1. The number of carbonyl (C=O) groups is 2. The summed E-state index contributed by atoms with van der Waals surface area (Å²) < 4.78 is 42.9. The highest BCUT2D eigenvalue weighted by molar-refractivity contribution is 6.07. The lowest BCUT2D eigenvalue weighted by Gasteiger charge is -2.11. The van der Waals surface area contributed by atoms with Crippen molar-refractivity contribution in [3.8, 4) is 0 Å². The van der Waals surface area contributed by atoms with E-state index in [9.17, 15) is 22.8 Å². The minimum absolute atomic E-state index is 0.0123. The van der Waals surface area contributed by atoms with E-state index >= 15 is 0 Å². The molecule has 0 spiro atoms. The summed E-state index contributed by atoms with van der Waals surface area (Å²) in [4.78, 5) is 31.1. The van der Waals surface area contributed by atoms with Crippen LogP contribution in [-0.2, 0) is 10.9 Å². The van der Waals surface area contributed by atoms with E-state index in [2.05, 4.69) is 15.3 Å². The number of nitrogens with one attached hydrogen (secondary N) is 1. The molecule has 132 valence electrons. The largest absolute Gasteiger partial charge is 0.462 e. The van der Waals surface area contributed by atoms with E-state index in [0.29, 0.717) is 0 Å². The van der Waals surface area contributed by atoms with Gasteiger partial charge in [-0.2, -0.15) is 13.2 Å². The number of hydrogen-bond donors (Lipinski definition) is 2. The number of carbonyl (C=O) groups excluding carboxylic acids is 2. The van der Waals surface area contributed by atoms with Crippen molar-refractivity contribution in [1.29, 1.82) is 0 Å². The Bertz CT molecular complexity index is 809. The Hall–Kier alpha value is -3.17. The average molecular weight is 354 g/mol. The maximum atomic E-state index is 12.7. The van der Waals surface area contributed by atoms with Crippen molar-refractivity contribution in [3.63, 3.8) is 0 Å². The van der Waals surface area contributed by atoms with Gasteiger partial charge >= 0.3 is 12.1 Å². The Morgan fingerprint density at radius 2 is 2.04 bits per heavy atom. The molecule has 7 nitrogen and oxygen atoms in total. The van der Waals surface area contributed by atoms with Gasteiger partial charge in [0, 0.05) is 0 Å². The number of anilines is 2. The standard InChI is InChI=1S/C15H13F3N4O3/c1-2-25-14(24)8-6-12(19)20-7-10(8)22-13(23)9-4-3-5-11(21-9)15(16,17)18/h3-7H,2H2,1H3,(H2,19,20)(H,22,23). The number of amides is 1. The molecule has 0 bridgehead atoms. The fourth-order valence-electron chi connectivity index (χ4n) is 1.85. The van der Waals surface area contributed by atoms with Gasteiger partial charge in [-0.25, -0.2) is 14.8 Å². The van der Waals surface area contributed by atoms with Gasteiger partial charge in [-0.15, -0.1) is 0 Å². The summed E-state index contributed by atoms with van der Waals surface area (Å²) in [6.07, 6.45) is -3.58. The maximum absolute atomic E-state index is 12.7. The first-order chi connectivity index (χ1) is 11.7. The van der Waals surface area contributed by atoms with Crippen LogP contribution >= 0.6 is 0 Å². The molecule has 0 aliphatic heterocycles. The van der Waals surface area contributed by atoms with Gasteiger partial charge in [0.2, 0.25) is 0 Å². The number of aromatic nitrogens is 2. The summed E-state index contributed by atoms with van der Waals surface area (Å²) in [5.74, 6) is -1.69. The van der Waals surface area contributed by atoms with Crippen LogP contribution < -0.4 is 11.1 Å². The monoisotopic (exact) mass is 354 g/mol. The molecule has 0 radical (unpaired) electrons. The molecule has 1 amide bonds. The van der Waals surface area contributed by atoms with E-state index in [4.69, 9.17) is 10.5 Å². The second-order valence-electron chi connectivity index (χ2n) is 4.74. The summed E-state index contributed by atoms with van der Waals surface area (Å²) in [6, 6.07) is 4.09. The molecule has 10 heteroatoms. The molecule has 0 saturated heterocycles. The minimum Gasteiger partial charge on any atom is -0.462 e. The smallest absolute Gasteiger partial charge is 0.433 e. The number of nitrogens with zero attached hydrogens (tertiary/aromatic N) is 2. The topological polar surface area (TPSA) is 107 Å². The molecule has 3 N–H and O–H groups in total. The summed E-state index contributed by atoms with van der Waals surface area (Å²) in [5, 5.41) is 2.28. The Balaban J connectivity index is 2.31. The van der Waals surface area contributed by atoms with Gasteiger partial charge in [-0.05, 0) is 25.1 Å². The molecule has 2 heterocycles. The molecule has 2 aromatic heterocycles. The van der Waals surface area contributed by atoms with Gasteiger partial charge in [-0.3, -0.25) is 4.79 Å². The van der Waals surface area contributed by atoms with Crippen molar-refractivity contribution in [3.05, 3.63) is 47.4 Å². The third kappa shape index (κ3) is 4.43. The molecule has 0 unspecified atom stereocenters. The molecule has 0 aromatic carbocycles. The first kappa shape index (κ1) is 18.2. The normalized spacial score (nSPS) is 11.0. The number of rotatable bonds is 4.